The lowest BCUT2D eigenvalue weighted by Crippen LogP contribution is -2.41. The van der Waals surface area contributed by atoms with Crippen molar-refractivity contribution in [1.82, 2.24) is 4.90 Å². The SMILES string of the molecule is CCC(C)(C)N(C)CCCCC(C)(C)C(N)=NO. The first-order chi connectivity index (χ1) is 8.17. The van der Waals surface area contributed by atoms with Crippen molar-refractivity contribution in [1.29, 1.82) is 0 Å². The van der Waals surface area contributed by atoms with Crippen molar-refractivity contribution < 1.29 is 5.21 Å². The van der Waals surface area contributed by atoms with Crippen LogP contribution in [-0.2, 0) is 0 Å². The Kier molecular flexibility index (Phi) is 6.68. The predicted octanol–water partition coefficient (Wildman–Crippen LogP) is 3.05. The van der Waals surface area contributed by atoms with E-state index in [-0.39, 0.29) is 11.0 Å². The van der Waals surface area contributed by atoms with Gasteiger partial charge in [0, 0.05) is 11.0 Å². The van der Waals surface area contributed by atoms with E-state index in [2.05, 4.69) is 37.9 Å². The number of nitrogens with two attached hydrogens (primary N) is 1. The summed E-state index contributed by atoms with van der Waals surface area (Å²) in [5.41, 5.74) is 5.72. The monoisotopic (exact) mass is 257 g/mol. The molecule has 0 aromatic carbocycles. The molecule has 0 fully saturated rings. The largest absolute Gasteiger partial charge is 0.409 e. The predicted molar refractivity (Wildman–Crippen MR) is 78.0 cm³/mol. The Morgan fingerprint density at radius 3 is 2.22 bits per heavy atom. The van der Waals surface area contributed by atoms with Gasteiger partial charge >= 0.3 is 0 Å². The summed E-state index contributed by atoms with van der Waals surface area (Å²) in [6.45, 7) is 11.9. The third-order valence-electron chi connectivity index (χ3n) is 4.25. The Morgan fingerprint density at radius 2 is 1.78 bits per heavy atom. The highest BCUT2D eigenvalue weighted by Gasteiger charge is 2.24. The summed E-state index contributed by atoms with van der Waals surface area (Å²) in [6.07, 6.45) is 4.33. The molecule has 0 bridgehead atoms. The molecule has 18 heavy (non-hydrogen) atoms. The van der Waals surface area contributed by atoms with E-state index in [0.717, 1.165) is 32.2 Å². The number of rotatable bonds is 8. The highest BCUT2D eigenvalue weighted by molar-refractivity contribution is 5.85. The van der Waals surface area contributed by atoms with Gasteiger partial charge in [0.25, 0.3) is 0 Å². The third kappa shape index (κ3) is 5.25. The van der Waals surface area contributed by atoms with Crippen LogP contribution in [0, 0.1) is 5.41 Å². The number of nitrogens with zero attached hydrogens (tertiary/aromatic N) is 2. The molecule has 0 atom stereocenters. The Labute approximate surface area is 112 Å². The van der Waals surface area contributed by atoms with Gasteiger partial charge in [-0.2, -0.15) is 0 Å². The number of hydrogen-bond donors (Lipinski definition) is 2. The average molecular weight is 257 g/mol. The van der Waals surface area contributed by atoms with Crippen LogP contribution in [-0.4, -0.2) is 35.1 Å². The topological polar surface area (TPSA) is 61.8 Å². The van der Waals surface area contributed by atoms with E-state index >= 15 is 0 Å². The van der Waals surface area contributed by atoms with Gasteiger partial charge in [-0.05, 0) is 46.7 Å². The van der Waals surface area contributed by atoms with Crippen LogP contribution in [0.5, 0.6) is 0 Å². The van der Waals surface area contributed by atoms with Gasteiger partial charge < -0.3 is 15.8 Å². The maximum atomic E-state index is 8.71. The molecule has 0 aliphatic heterocycles. The lowest BCUT2D eigenvalue weighted by molar-refractivity contribution is 0.147. The molecule has 0 aliphatic rings. The van der Waals surface area contributed by atoms with Crippen molar-refractivity contribution in [2.24, 2.45) is 16.3 Å². The van der Waals surface area contributed by atoms with Gasteiger partial charge in [0.05, 0.1) is 0 Å². The molecule has 0 aromatic rings. The second-order valence-corrected chi connectivity index (χ2v) is 6.41. The Morgan fingerprint density at radius 1 is 1.22 bits per heavy atom. The zero-order valence-electron chi connectivity index (χ0n) is 13.0. The van der Waals surface area contributed by atoms with Crippen molar-refractivity contribution in [2.75, 3.05) is 13.6 Å². The molecular weight excluding hydrogens is 226 g/mol. The summed E-state index contributed by atoms with van der Waals surface area (Å²) in [5, 5.41) is 11.8. The molecule has 4 nitrogen and oxygen atoms in total. The first-order valence-electron chi connectivity index (χ1n) is 6.86. The molecule has 0 radical (unpaired) electrons. The van der Waals surface area contributed by atoms with Gasteiger partial charge in [0.1, 0.15) is 5.84 Å². The summed E-state index contributed by atoms with van der Waals surface area (Å²) >= 11 is 0. The highest BCUT2D eigenvalue weighted by Crippen LogP contribution is 2.24. The molecule has 0 aliphatic carbocycles. The van der Waals surface area contributed by atoms with E-state index < -0.39 is 0 Å². The molecule has 108 valence electrons. The summed E-state index contributed by atoms with van der Waals surface area (Å²) in [5.74, 6) is 0.324. The molecular formula is C14H31N3O. The van der Waals surface area contributed by atoms with Crippen LogP contribution >= 0.6 is 0 Å². The van der Waals surface area contributed by atoms with E-state index in [4.69, 9.17) is 10.9 Å². The van der Waals surface area contributed by atoms with Crippen molar-refractivity contribution in [3.63, 3.8) is 0 Å². The van der Waals surface area contributed by atoms with Crippen molar-refractivity contribution in [2.45, 2.75) is 65.8 Å². The zero-order valence-corrected chi connectivity index (χ0v) is 13.0. The van der Waals surface area contributed by atoms with Crippen LogP contribution in [0.4, 0.5) is 0 Å². The van der Waals surface area contributed by atoms with Gasteiger partial charge in [-0.25, -0.2) is 0 Å². The molecule has 0 amide bonds. The van der Waals surface area contributed by atoms with Gasteiger partial charge in [-0.15, -0.1) is 0 Å². The maximum absolute atomic E-state index is 8.71. The summed E-state index contributed by atoms with van der Waals surface area (Å²) in [7, 11) is 2.18. The van der Waals surface area contributed by atoms with Crippen LogP contribution in [0.1, 0.15) is 60.3 Å². The molecule has 0 spiro atoms. The van der Waals surface area contributed by atoms with Crippen molar-refractivity contribution in [3.8, 4) is 0 Å². The van der Waals surface area contributed by atoms with Crippen molar-refractivity contribution in [3.05, 3.63) is 0 Å². The molecule has 0 rings (SSSR count). The second kappa shape index (κ2) is 6.98. The first-order valence-corrected chi connectivity index (χ1v) is 6.86. The number of amidine groups is 1. The lowest BCUT2D eigenvalue weighted by atomic mass is 9.86. The zero-order chi connectivity index (χ0) is 14.4. The smallest absolute Gasteiger partial charge is 0.144 e. The van der Waals surface area contributed by atoms with Gasteiger partial charge in [0.2, 0.25) is 0 Å². The number of hydrogen-bond acceptors (Lipinski definition) is 3. The van der Waals surface area contributed by atoms with E-state index in [0.29, 0.717) is 5.84 Å². The standard InChI is InChI=1S/C14H31N3O/c1-7-14(4,5)17(6)11-9-8-10-13(2,3)12(15)16-18/h18H,7-11H2,1-6H3,(H2,15,16). The first kappa shape index (κ1) is 17.2. The van der Waals surface area contributed by atoms with Gasteiger partial charge in [0.15, 0.2) is 0 Å². The minimum absolute atomic E-state index is 0.215. The van der Waals surface area contributed by atoms with E-state index in [1.807, 2.05) is 13.8 Å². The van der Waals surface area contributed by atoms with E-state index in [1.54, 1.807) is 0 Å². The Balaban J connectivity index is 4.01. The van der Waals surface area contributed by atoms with Crippen LogP contribution in [0.25, 0.3) is 0 Å². The fourth-order valence-electron chi connectivity index (χ4n) is 1.75. The Hall–Kier alpha value is -0.770. The minimum atomic E-state index is -0.215. The van der Waals surface area contributed by atoms with Crippen molar-refractivity contribution >= 4 is 5.84 Å². The van der Waals surface area contributed by atoms with Gasteiger partial charge in [-0.3, -0.25) is 0 Å². The minimum Gasteiger partial charge on any atom is -0.409 e. The molecule has 3 N–H and O–H groups in total. The third-order valence-corrected chi connectivity index (χ3v) is 4.25. The summed E-state index contributed by atoms with van der Waals surface area (Å²) in [4.78, 5) is 2.41. The van der Waals surface area contributed by atoms with Crippen LogP contribution in [0.2, 0.25) is 0 Å². The Bertz CT molecular complexity index is 272. The lowest BCUT2D eigenvalue weighted by Gasteiger charge is -2.35. The fraction of sp³-hybridized carbons (Fsp3) is 0.929. The molecule has 0 saturated heterocycles. The molecule has 0 aromatic heterocycles. The fourth-order valence-corrected chi connectivity index (χ4v) is 1.75. The van der Waals surface area contributed by atoms with E-state index in [1.165, 1.54) is 0 Å². The number of oxime groups is 1. The molecule has 0 saturated carbocycles. The summed E-state index contributed by atoms with van der Waals surface area (Å²) < 4.78 is 0. The quantitative estimate of drug-likeness (QED) is 0.231. The maximum Gasteiger partial charge on any atom is 0.144 e. The van der Waals surface area contributed by atoms with Crippen LogP contribution in [0.3, 0.4) is 0 Å². The average Bonchev–Trinajstić information content (AvgIpc) is 2.32. The molecule has 0 unspecified atom stereocenters. The molecule has 4 heteroatoms. The second-order valence-electron chi connectivity index (χ2n) is 6.41. The highest BCUT2D eigenvalue weighted by atomic mass is 16.4. The number of unbranched alkanes of at least 4 members (excludes halogenated alkanes) is 1. The van der Waals surface area contributed by atoms with E-state index in [9.17, 15) is 0 Å². The van der Waals surface area contributed by atoms with Gasteiger partial charge in [-0.1, -0.05) is 32.3 Å². The normalized spacial score (nSPS) is 14.3. The van der Waals surface area contributed by atoms with Crippen LogP contribution < -0.4 is 5.73 Å². The molecule has 0 heterocycles. The van der Waals surface area contributed by atoms with Crippen LogP contribution in [0.15, 0.2) is 5.16 Å². The summed E-state index contributed by atoms with van der Waals surface area (Å²) in [6, 6.07) is 0.